The van der Waals surface area contributed by atoms with Gasteiger partial charge in [0.2, 0.25) is 0 Å². The lowest BCUT2D eigenvalue weighted by Gasteiger charge is -2.24. The van der Waals surface area contributed by atoms with Crippen LogP contribution in [0.15, 0.2) is 46.9 Å². The number of fused-ring (bicyclic) bond motifs is 1. The summed E-state index contributed by atoms with van der Waals surface area (Å²) in [5, 5.41) is 0. The molecule has 0 aliphatic heterocycles. The Morgan fingerprint density at radius 2 is 2.10 bits per heavy atom. The Hall–Kier alpha value is -1.23. The smallest absolute Gasteiger partial charge is 0.127 e. The van der Waals surface area contributed by atoms with Gasteiger partial charge in [-0.3, -0.25) is 11.3 Å². The number of benzene rings is 2. The molecule has 3 rings (SSSR count). The van der Waals surface area contributed by atoms with Crippen LogP contribution in [0.1, 0.15) is 29.0 Å². The van der Waals surface area contributed by atoms with E-state index in [1.807, 2.05) is 12.1 Å². The lowest BCUT2D eigenvalue weighted by molar-refractivity contribution is 0.428. The minimum absolute atomic E-state index is 0.0457. The minimum atomic E-state index is -0.184. The maximum absolute atomic E-state index is 14.0. The Balaban J connectivity index is 1.83. The third-order valence-electron chi connectivity index (χ3n) is 4.33. The van der Waals surface area contributed by atoms with Crippen molar-refractivity contribution in [3.63, 3.8) is 0 Å². The van der Waals surface area contributed by atoms with Gasteiger partial charge in [0.25, 0.3) is 0 Å². The van der Waals surface area contributed by atoms with Crippen LogP contribution < -0.4 is 11.3 Å². The second-order valence-corrected chi connectivity index (χ2v) is 6.47. The topological polar surface area (TPSA) is 38.0 Å². The summed E-state index contributed by atoms with van der Waals surface area (Å²) in [6.45, 7) is 0. The van der Waals surface area contributed by atoms with Crippen LogP contribution >= 0.6 is 15.9 Å². The second-order valence-electron chi connectivity index (χ2n) is 5.56. The van der Waals surface area contributed by atoms with E-state index >= 15 is 0 Å². The minimum Gasteiger partial charge on any atom is -0.271 e. The van der Waals surface area contributed by atoms with Gasteiger partial charge < -0.3 is 0 Å². The van der Waals surface area contributed by atoms with Crippen molar-refractivity contribution < 1.29 is 4.39 Å². The predicted molar refractivity (Wildman–Crippen MR) is 86.4 cm³/mol. The summed E-state index contributed by atoms with van der Waals surface area (Å²) in [5.41, 5.74) is 6.33. The van der Waals surface area contributed by atoms with Gasteiger partial charge in [-0.25, -0.2) is 4.39 Å². The van der Waals surface area contributed by atoms with E-state index < -0.39 is 0 Å². The zero-order valence-electron chi connectivity index (χ0n) is 11.7. The monoisotopic (exact) mass is 348 g/mol. The first-order chi connectivity index (χ1) is 10.2. The normalized spacial score (nSPS) is 18.5. The Labute approximate surface area is 132 Å². The number of hydrogen-bond acceptors (Lipinski definition) is 2. The molecule has 4 heteroatoms. The van der Waals surface area contributed by atoms with E-state index in [0.29, 0.717) is 17.9 Å². The van der Waals surface area contributed by atoms with E-state index in [2.05, 4.69) is 45.6 Å². The average Bonchev–Trinajstić information content (AvgIpc) is 2.91. The van der Waals surface area contributed by atoms with Crippen LogP contribution in [-0.2, 0) is 12.8 Å². The zero-order valence-corrected chi connectivity index (χ0v) is 13.2. The maximum atomic E-state index is 14.0. The summed E-state index contributed by atoms with van der Waals surface area (Å²) in [5.74, 6) is 5.91. The molecule has 1 aliphatic rings. The summed E-state index contributed by atoms with van der Waals surface area (Å²) in [6, 6.07) is 13.7. The van der Waals surface area contributed by atoms with Gasteiger partial charge in [0.1, 0.15) is 5.82 Å². The van der Waals surface area contributed by atoms with Gasteiger partial charge in [-0.05, 0) is 48.1 Å². The van der Waals surface area contributed by atoms with Crippen LogP contribution in [-0.4, -0.2) is 6.04 Å². The summed E-state index contributed by atoms with van der Waals surface area (Å²) >= 11 is 3.29. The molecule has 0 saturated carbocycles. The molecule has 0 heterocycles. The third kappa shape index (κ3) is 3.03. The lowest BCUT2D eigenvalue weighted by atomic mass is 9.89. The van der Waals surface area contributed by atoms with Gasteiger partial charge in [-0.2, -0.15) is 0 Å². The van der Waals surface area contributed by atoms with Crippen LogP contribution in [0.4, 0.5) is 4.39 Å². The van der Waals surface area contributed by atoms with Gasteiger partial charge in [0.05, 0.1) is 0 Å². The quantitative estimate of drug-likeness (QED) is 0.653. The van der Waals surface area contributed by atoms with Crippen molar-refractivity contribution in [3.05, 3.63) is 69.4 Å². The van der Waals surface area contributed by atoms with E-state index in [9.17, 15) is 4.39 Å². The van der Waals surface area contributed by atoms with E-state index in [4.69, 9.17) is 5.84 Å². The highest BCUT2D eigenvalue weighted by molar-refractivity contribution is 9.10. The maximum Gasteiger partial charge on any atom is 0.127 e. The fourth-order valence-electron chi connectivity index (χ4n) is 3.25. The SMILES string of the molecule is NNC(Cc1ccc(Br)cc1F)C1CCc2ccccc21. The number of nitrogens with two attached hydrogens (primary N) is 1. The molecule has 1 aliphatic carbocycles. The molecule has 2 atom stereocenters. The molecule has 21 heavy (non-hydrogen) atoms. The van der Waals surface area contributed by atoms with Gasteiger partial charge in [-0.15, -0.1) is 0 Å². The van der Waals surface area contributed by atoms with Crippen LogP contribution in [0.25, 0.3) is 0 Å². The van der Waals surface area contributed by atoms with Crippen LogP contribution in [0, 0.1) is 5.82 Å². The van der Waals surface area contributed by atoms with Crippen LogP contribution in [0.3, 0.4) is 0 Å². The standard InChI is InChI=1S/C17H18BrFN2/c18-13-7-5-12(16(19)10-13)9-17(21-20)15-8-6-11-3-1-2-4-14(11)15/h1-5,7,10,15,17,21H,6,8-9,20H2. The highest BCUT2D eigenvalue weighted by Gasteiger charge is 2.29. The van der Waals surface area contributed by atoms with Crippen molar-refractivity contribution >= 4 is 15.9 Å². The van der Waals surface area contributed by atoms with E-state index in [0.717, 1.165) is 17.3 Å². The summed E-state index contributed by atoms with van der Waals surface area (Å²) < 4.78 is 14.8. The number of halogens is 2. The van der Waals surface area contributed by atoms with Crippen molar-refractivity contribution in [1.82, 2.24) is 5.43 Å². The molecule has 3 N–H and O–H groups in total. The predicted octanol–water partition coefficient (Wildman–Crippen LogP) is 3.69. The molecule has 0 fully saturated rings. The molecule has 2 aromatic carbocycles. The molecule has 0 amide bonds. The van der Waals surface area contributed by atoms with Gasteiger partial charge in [0.15, 0.2) is 0 Å². The third-order valence-corrected chi connectivity index (χ3v) is 4.83. The summed E-state index contributed by atoms with van der Waals surface area (Å²) in [6.07, 6.45) is 2.73. The Morgan fingerprint density at radius 3 is 2.86 bits per heavy atom. The number of aryl methyl sites for hydroxylation is 1. The van der Waals surface area contributed by atoms with Crippen molar-refractivity contribution in [2.24, 2.45) is 5.84 Å². The Bertz CT molecular complexity index is 644. The molecule has 0 bridgehead atoms. The van der Waals surface area contributed by atoms with Crippen LogP contribution in [0.5, 0.6) is 0 Å². The number of rotatable bonds is 4. The molecule has 0 radical (unpaired) electrons. The first-order valence-electron chi connectivity index (χ1n) is 7.17. The molecule has 2 unspecified atom stereocenters. The first kappa shape index (κ1) is 14.7. The Morgan fingerprint density at radius 1 is 1.29 bits per heavy atom. The number of hydrazine groups is 1. The zero-order chi connectivity index (χ0) is 14.8. The highest BCUT2D eigenvalue weighted by atomic mass is 79.9. The molecule has 0 aromatic heterocycles. The fraction of sp³-hybridized carbons (Fsp3) is 0.294. The van der Waals surface area contributed by atoms with Crippen molar-refractivity contribution in [2.45, 2.75) is 31.2 Å². The largest absolute Gasteiger partial charge is 0.271 e. The fourth-order valence-corrected chi connectivity index (χ4v) is 3.58. The molecule has 110 valence electrons. The van der Waals surface area contributed by atoms with E-state index in [-0.39, 0.29) is 11.9 Å². The molecular weight excluding hydrogens is 331 g/mol. The summed E-state index contributed by atoms with van der Waals surface area (Å²) in [7, 11) is 0. The van der Waals surface area contributed by atoms with Gasteiger partial charge >= 0.3 is 0 Å². The van der Waals surface area contributed by atoms with Crippen molar-refractivity contribution in [1.29, 1.82) is 0 Å². The van der Waals surface area contributed by atoms with E-state index in [1.165, 1.54) is 17.2 Å². The average molecular weight is 349 g/mol. The highest BCUT2D eigenvalue weighted by Crippen LogP contribution is 2.36. The summed E-state index contributed by atoms with van der Waals surface area (Å²) in [4.78, 5) is 0. The second kappa shape index (κ2) is 6.26. The Kier molecular flexibility index (Phi) is 4.38. The van der Waals surface area contributed by atoms with Crippen molar-refractivity contribution in [3.8, 4) is 0 Å². The van der Waals surface area contributed by atoms with E-state index in [1.54, 1.807) is 0 Å². The molecule has 0 spiro atoms. The first-order valence-corrected chi connectivity index (χ1v) is 7.96. The number of nitrogens with one attached hydrogen (secondary N) is 1. The van der Waals surface area contributed by atoms with Gasteiger partial charge in [-0.1, -0.05) is 46.3 Å². The molecule has 0 saturated heterocycles. The lowest BCUT2D eigenvalue weighted by Crippen LogP contribution is -2.41. The molecular formula is C17H18BrFN2. The number of hydrogen-bond donors (Lipinski definition) is 2. The van der Waals surface area contributed by atoms with Gasteiger partial charge in [0, 0.05) is 16.4 Å². The molecule has 2 nitrogen and oxygen atoms in total. The van der Waals surface area contributed by atoms with Crippen molar-refractivity contribution in [2.75, 3.05) is 0 Å². The molecule has 2 aromatic rings. The van der Waals surface area contributed by atoms with Crippen LogP contribution in [0.2, 0.25) is 0 Å².